The molecule has 0 fully saturated rings. The second-order valence-corrected chi connectivity index (χ2v) is 8.86. The lowest BCUT2D eigenvalue weighted by Gasteiger charge is -2.35. The number of carbonyl (C=O) groups excluding carboxylic acids is 1. The predicted molar refractivity (Wildman–Crippen MR) is 129 cm³/mol. The van der Waals surface area contributed by atoms with Crippen LogP contribution in [-0.2, 0) is 6.42 Å². The first kappa shape index (κ1) is 21.0. The normalized spacial score (nSPS) is 15.6. The third-order valence-electron chi connectivity index (χ3n) is 5.89. The molecule has 0 saturated carbocycles. The summed E-state index contributed by atoms with van der Waals surface area (Å²) in [6.45, 7) is 3.87. The third-order valence-corrected chi connectivity index (χ3v) is 5.89. The molecule has 1 atom stereocenters. The van der Waals surface area contributed by atoms with E-state index in [9.17, 15) is 9.90 Å². The molecule has 5 rings (SSSR count). The lowest BCUT2D eigenvalue weighted by molar-refractivity contribution is 0.0688. The van der Waals surface area contributed by atoms with Crippen molar-refractivity contribution in [3.05, 3.63) is 101 Å². The smallest absolute Gasteiger partial charge is 0.254 e. The molecule has 5 heteroatoms. The predicted octanol–water partition coefficient (Wildman–Crippen LogP) is 4.47. The van der Waals surface area contributed by atoms with Gasteiger partial charge in [0, 0.05) is 40.5 Å². The number of pyridine rings is 1. The van der Waals surface area contributed by atoms with E-state index in [2.05, 4.69) is 33.9 Å². The lowest BCUT2D eigenvalue weighted by Crippen LogP contribution is -2.41. The topological polar surface area (TPSA) is 69.2 Å². The third kappa shape index (κ3) is 4.13. The summed E-state index contributed by atoms with van der Waals surface area (Å²) in [7, 11) is 0. The molecule has 1 unspecified atom stereocenters. The molecule has 0 radical (unpaired) electrons. The van der Waals surface area contributed by atoms with Gasteiger partial charge in [0.1, 0.15) is 11.6 Å². The summed E-state index contributed by atoms with van der Waals surface area (Å²) in [6, 6.07) is 21.0. The maximum atomic E-state index is 13.7. The van der Waals surface area contributed by atoms with Gasteiger partial charge in [-0.15, -0.1) is 0 Å². The molecule has 1 amide bonds. The molecule has 1 aliphatic heterocycles. The number of benzene rings is 2. The number of nitrogens with zero attached hydrogens (tertiary/aromatic N) is 2. The van der Waals surface area contributed by atoms with Crippen molar-refractivity contribution in [2.24, 2.45) is 0 Å². The van der Waals surface area contributed by atoms with E-state index in [1.165, 1.54) is 10.9 Å². The van der Waals surface area contributed by atoms with Gasteiger partial charge in [-0.05, 0) is 62.2 Å². The Hall–Kier alpha value is -3.88. The van der Waals surface area contributed by atoms with E-state index in [4.69, 9.17) is 0 Å². The van der Waals surface area contributed by atoms with Crippen molar-refractivity contribution in [2.75, 3.05) is 6.54 Å². The fourth-order valence-electron chi connectivity index (χ4n) is 4.43. The van der Waals surface area contributed by atoms with E-state index in [1.54, 1.807) is 26.1 Å². The number of fused-ring (bicyclic) bond motifs is 3. The lowest BCUT2D eigenvalue weighted by atomic mass is 9.94. The van der Waals surface area contributed by atoms with Crippen molar-refractivity contribution < 1.29 is 9.90 Å². The Morgan fingerprint density at radius 1 is 1.12 bits per heavy atom. The number of aromatic amines is 1. The summed E-state index contributed by atoms with van der Waals surface area (Å²) in [5, 5.41) is 11.1. The maximum absolute atomic E-state index is 13.7. The van der Waals surface area contributed by atoms with Crippen molar-refractivity contribution in [2.45, 2.75) is 31.9 Å². The van der Waals surface area contributed by atoms with Crippen LogP contribution in [0.2, 0.25) is 0 Å². The number of aromatic nitrogens is 2. The first-order valence-corrected chi connectivity index (χ1v) is 11.1. The van der Waals surface area contributed by atoms with Crippen LogP contribution in [0.15, 0.2) is 72.9 Å². The van der Waals surface area contributed by atoms with E-state index in [1.807, 2.05) is 53.4 Å². The van der Waals surface area contributed by atoms with E-state index in [0.717, 1.165) is 23.3 Å². The van der Waals surface area contributed by atoms with E-state index < -0.39 is 5.60 Å². The number of para-hydroxylation sites is 1. The van der Waals surface area contributed by atoms with Crippen molar-refractivity contribution in [3.8, 4) is 11.8 Å². The molecular weight excluding hydrogens is 410 g/mol. The van der Waals surface area contributed by atoms with Crippen LogP contribution >= 0.6 is 0 Å². The highest BCUT2D eigenvalue weighted by Gasteiger charge is 2.35. The molecule has 5 nitrogen and oxygen atoms in total. The monoisotopic (exact) mass is 435 g/mol. The molecule has 0 aliphatic carbocycles. The van der Waals surface area contributed by atoms with E-state index in [-0.39, 0.29) is 11.9 Å². The van der Waals surface area contributed by atoms with Gasteiger partial charge in [0.05, 0.1) is 5.69 Å². The number of hydrogen-bond donors (Lipinski definition) is 2. The van der Waals surface area contributed by atoms with Crippen LogP contribution in [0, 0.1) is 11.8 Å². The first-order chi connectivity index (χ1) is 15.9. The number of hydrogen-bond acceptors (Lipinski definition) is 3. The molecule has 164 valence electrons. The molecule has 33 heavy (non-hydrogen) atoms. The highest BCUT2D eigenvalue weighted by molar-refractivity contribution is 5.96. The zero-order valence-corrected chi connectivity index (χ0v) is 18.7. The summed E-state index contributed by atoms with van der Waals surface area (Å²) < 4.78 is 0. The zero-order valence-electron chi connectivity index (χ0n) is 18.7. The summed E-state index contributed by atoms with van der Waals surface area (Å²) in [5.41, 5.74) is 4.34. The van der Waals surface area contributed by atoms with Crippen LogP contribution in [0.5, 0.6) is 0 Å². The quantitative estimate of drug-likeness (QED) is 0.457. The second-order valence-electron chi connectivity index (χ2n) is 8.86. The molecule has 0 saturated heterocycles. The van der Waals surface area contributed by atoms with Gasteiger partial charge < -0.3 is 15.0 Å². The van der Waals surface area contributed by atoms with Crippen molar-refractivity contribution in [3.63, 3.8) is 0 Å². The van der Waals surface area contributed by atoms with Crippen LogP contribution < -0.4 is 0 Å². The number of carbonyl (C=O) groups is 1. The SMILES string of the molecule is CC(C)(O)C#Cc1cccc(C(=O)N2CCc3c([nH]c4ccccc34)C2c2ccccn2)c1. The highest BCUT2D eigenvalue weighted by atomic mass is 16.3. The van der Waals surface area contributed by atoms with Crippen LogP contribution in [0.4, 0.5) is 0 Å². The fraction of sp³-hybridized carbons (Fsp3) is 0.214. The summed E-state index contributed by atoms with van der Waals surface area (Å²) in [4.78, 5) is 23.8. The van der Waals surface area contributed by atoms with Crippen molar-refractivity contribution in [1.82, 2.24) is 14.9 Å². The summed E-state index contributed by atoms with van der Waals surface area (Å²) in [5.74, 6) is 5.71. The highest BCUT2D eigenvalue weighted by Crippen LogP contribution is 2.38. The Bertz CT molecular complexity index is 1390. The Morgan fingerprint density at radius 3 is 2.73 bits per heavy atom. The fourth-order valence-corrected chi connectivity index (χ4v) is 4.43. The number of nitrogens with one attached hydrogen (secondary N) is 1. The van der Waals surface area contributed by atoms with Gasteiger partial charge in [0.25, 0.3) is 5.91 Å². The number of H-pyrrole nitrogens is 1. The molecule has 0 bridgehead atoms. The Kier molecular flexibility index (Phi) is 5.24. The minimum Gasteiger partial charge on any atom is -0.378 e. The van der Waals surface area contributed by atoms with Gasteiger partial charge in [0.2, 0.25) is 0 Å². The average Bonchev–Trinajstić information content (AvgIpc) is 3.21. The van der Waals surface area contributed by atoms with Gasteiger partial charge in [-0.3, -0.25) is 9.78 Å². The van der Waals surface area contributed by atoms with Crippen molar-refractivity contribution in [1.29, 1.82) is 0 Å². The molecule has 0 spiro atoms. The minimum atomic E-state index is -1.09. The van der Waals surface area contributed by atoms with Gasteiger partial charge in [-0.1, -0.05) is 42.2 Å². The second kappa shape index (κ2) is 8.23. The maximum Gasteiger partial charge on any atom is 0.254 e. The van der Waals surface area contributed by atoms with Gasteiger partial charge in [-0.25, -0.2) is 0 Å². The van der Waals surface area contributed by atoms with Gasteiger partial charge in [-0.2, -0.15) is 0 Å². The van der Waals surface area contributed by atoms with E-state index in [0.29, 0.717) is 17.7 Å². The largest absolute Gasteiger partial charge is 0.378 e. The first-order valence-electron chi connectivity index (χ1n) is 11.1. The zero-order chi connectivity index (χ0) is 23.0. The van der Waals surface area contributed by atoms with Gasteiger partial charge in [0.15, 0.2) is 0 Å². The molecule has 1 aliphatic rings. The van der Waals surface area contributed by atoms with Crippen LogP contribution in [0.1, 0.15) is 52.8 Å². The number of rotatable bonds is 2. The number of aliphatic hydroxyl groups is 1. The van der Waals surface area contributed by atoms with E-state index >= 15 is 0 Å². The molecular formula is C28H25N3O2. The van der Waals surface area contributed by atoms with Gasteiger partial charge >= 0.3 is 0 Å². The molecule has 4 aromatic rings. The molecule has 3 heterocycles. The summed E-state index contributed by atoms with van der Waals surface area (Å²) in [6.07, 6.45) is 2.54. The standard InChI is InChI=1S/C28H25N3O2/c1-28(2,33)15-13-19-8-7-9-20(18-19)27(32)31-17-14-22-21-10-3-4-11-23(21)30-25(22)26(31)24-12-5-6-16-29-24/h3-12,16,18,26,30,33H,14,17H2,1-2H3. The Balaban J connectivity index is 1.57. The Morgan fingerprint density at radius 2 is 1.94 bits per heavy atom. The molecule has 2 aromatic heterocycles. The molecule has 2 N–H and O–H groups in total. The Labute approximate surface area is 193 Å². The van der Waals surface area contributed by atoms with Crippen LogP contribution in [0.3, 0.4) is 0 Å². The molecule has 2 aromatic carbocycles. The average molecular weight is 436 g/mol. The number of amides is 1. The van der Waals surface area contributed by atoms with Crippen LogP contribution in [-0.4, -0.2) is 38.0 Å². The summed E-state index contributed by atoms with van der Waals surface area (Å²) >= 11 is 0. The van der Waals surface area contributed by atoms with Crippen molar-refractivity contribution >= 4 is 16.8 Å². The minimum absolute atomic E-state index is 0.0677. The van der Waals surface area contributed by atoms with Crippen LogP contribution in [0.25, 0.3) is 10.9 Å².